The summed E-state index contributed by atoms with van der Waals surface area (Å²) in [7, 11) is 0. The monoisotopic (exact) mass is 267 g/mol. The van der Waals surface area contributed by atoms with Gasteiger partial charge in [0.15, 0.2) is 5.13 Å². The smallest absolute Gasteiger partial charge is 0.223 e. The second kappa shape index (κ2) is 4.73. The first kappa shape index (κ1) is 11.9. The minimum Gasteiger partial charge on any atom is -0.389 e. The maximum Gasteiger partial charge on any atom is 0.223 e. The molecule has 0 aliphatic carbocycles. The highest BCUT2D eigenvalue weighted by Gasteiger charge is 2.13. The number of nitrogens with two attached hydrogens (primary N) is 1. The van der Waals surface area contributed by atoms with E-state index in [2.05, 4.69) is 10.3 Å². The zero-order valence-electron chi connectivity index (χ0n) is 9.03. The summed E-state index contributed by atoms with van der Waals surface area (Å²) >= 11 is 7.29. The van der Waals surface area contributed by atoms with Gasteiger partial charge in [0.2, 0.25) is 5.91 Å². The van der Waals surface area contributed by atoms with Gasteiger partial charge >= 0.3 is 0 Å². The van der Waals surface area contributed by atoms with Gasteiger partial charge in [-0.05, 0) is 6.07 Å². The molecule has 0 spiro atoms. The SMILES string of the molecule is CC(=O)Nc1nc(-c2ccccc2Cl)c(N)s1. The highest BCUT2D eigenvalue weighted by Crippen LogP contribution is 2.36. The summed E-state index contributed by atoms with van der Waals surface area (Å²) < 4.78 is 0. The molecule has 4 nitrogen and oxygen atoms in total. The molecule has 0 aliphatic rings. The van der Waals surface area contributed by atoms with Crippen molar-refractivity contribution in [3.8, 4) is 11.3 Å². The zero-order valence-corrected chi connectivity index (χ0v) is 10.6. The largest absolute Gasteiger partial charge is 0.389 e. The Bertz CT molecular complexity index is 568. The Morgan fingerprint density at radius 1 is 1.47 bits per heavy atom. The first-order valence-corrected chi connectivity index (χ1v) is 6.06. The number of hydrogen-bond acceptors (Lipinski definition) is 4. The van der Waals surface area contributed by atoms with Gasteiger partial charge in [-0.3, -0.25) is 4.79 Å². The lowest BCUT2D eigenvalue weighted by molar-refractivity contribution is -0.114. The zero-order chi connectivity index (χ0) is 12.4. The Kier molecular flexibility index (Phi) is 3.31. The van der Waals surface area contributed by atoms with Crippen LogP contribution < -0.4 is 11.1 Å². The molecule has 1 amide bonds. The normalized spacial score (nSPS) is 10.2. The van der Waals surface area contributed by atoms with Crippen molar-refractivity contribution in [3.05, 3.63) is 29.3 Å². The standard InChI is InChI=1S/C11H10ClN3OS/c1-6(16)14-11-15-9(10(13)17-11)7-4-2-3-5-8(7)12/h2-5H,13H2,1H3,(H,14,15,16). The van der Waals surface area contributed by atoms with Gasteiger partial charge in [-0.1, -0.05) is 41.1 Å². The predicted octanol–water partition coefficient (Wildman–Crippen LogP) is 3.00. The molecule has 2 rings (SSSR count). The molecule has 0 atom stereocenters. The molecule has 2 aromatic rings. The summed E-state index contributed by atoms with van der Waals surface area (Å²) in [4.78, 5) is 15.2. The molecule has 3 N–H and O–H groups in total. The molecule has 0 aliphatic heterocycles. The summed E-state index contributed by atoms with van der Waals surface area (Å²) in [6, 6.07) is 7.31. The second-order valence-electron chi connectivity index (χ2n) is 3.39. The lowest BCUT2D eigenvalue weighted by atomic mass is 10.2. The topological polar surface area (TPSA) is 68.0 Å². The van der Waals surface area contributed by atoms with Crippen LogP contribution in [0.1, 0.15) is 6.92 Å². The van der Waals surface area contributed by atoms with Crippen molar-refractivity contribution in [1.82, 2.24) is 4.98 Å². The van der Waals surface area contributed by atoms with Crippen molar-refractivity contribution < 1.29 is 4.79 Å². The summed E-state index contributed by atoms with van der Waals surface area (Å²) in [5.41, 5.74) is 7.23. The number of halogens is 1. The minimum absolute atomic E-state index is 0.176. The lowest BCUT2D eigenvalue weighted by Gasteiger charge is -2.00. The maximum atomic E-state index is 10.9. The first-order chi connectivity index (χ1) is 8.08. The Balaban J connectivity index is 2.43. The Labute approximate surface area is 107 Å². The fourth-order valence-corrected chi connectivity index (χ4v) is 2.40. The molecule has 0 saturated heterocycles. The van der Waals surface area contributed by atoms with Crippen molar-refractivity contribution >= 4 is 39.0 Å². The van der Waals surface area contributed by atoms with Gasteiger partial charge in [0.25, 0.3) is 0 Å². The number of amides is 1. The molecule has 1 aromatic carbocycles. The van der Waals surface area contributed by atoms with E-state index < -0.39 is 0 Å². The number of benzene rings is 1. The molecule has 1 aromatic heterocycles. The molecule has 6 heteroatoms. The number of nitrogens with one attached hydrogen (secondary N) is 1. The van der Waals surface area contributed by atoms with E-state index in [9.17, 15) is 4.79 Å². The van der Waals surface area contributed by atoms with Gasteiger partial charge < -0.3 is 11.1 Å². The van der Waals surface area contributed by atoms with Gasteiger partial charge in [0.05, 0.1) is 5.02 Å². The summed E-state index contributed by atoms with van der Waals surface area (Å²) in [6.45, 7) is 1.42. The van der Waals surface area contributed by atoms with E-state index in [0.29, 0.717) is 20.8 Å². The van der Waals surface area contributed by atoms with Crippen molar-refractivity contribution in [2.75, 3.05) is 11.1 Å². The quantitative estimate of drug-likeness (QED) is 0.879. The Morgan fingerprint density at radius 2 is 2.18 bits per heavy atom. The van der Waals surface area contributed by atoms with Crippen LogP contribution in [0.2, 0.25) is 5.02 Å². The molecular weight excluding hydrogens is 258 g/mol. The van der Waals surface area contributed by atoms with Crippen LogP contribution in [0, 0.1) is 0 Å². The van der Waals surface area contributed by atoms with Crippen LogP contribution in [0.5, 0.6) is 0 Å². The van der Waals surface area contributed by atoms with Crippen LogP contribution in [0.15, 0.2) is 24.3 Å². The predicted molar refractivity (Wildman–Crippen MR) is 71.3 cm³/mol. The number of anilines is 2. The summed E-state index contributed by atoms with van der Waals surface area (Å²) in [5.74, 6) is -0.176. The first-order valence-electron chi connectivity index (χ1n) is 4.86. The van der Waals surface area contributed by atoms with Crippen molar-refractivity contribution in [2.24, 2.45) is 0 Å². The van der Waals surface area contributed by atoms with Crippen LogP contribution in [0.25, 0.3) is 11.3 Å². The highest BCUT2D eigenvalue weighted by atomic mass is 35.5. The van der Waals surface area contributed by atoms with E-state index in [1.165, 1.54) is 18.3 Å². The summed E-state index contributed by atoms with van der Waals surface area (Å²) in [5, 5.41) is 4.19. The Hall–Kier alpha value is -1.59. The number of rotatable bonds is 2. The van der Waals surface area contributed by atoms with Gasteiger partial charge in [0, 0.05) is 12.5 Å². The van der Waals surface area contributed by atoms with Gasteiger partial charge in [-0.2, -0.15) is 0 Å². The third kappa shape index (κ3) is 2.57. The average Bonchev–Trinajstić information content (AvgIpc) is 2.59. The number of carbonyl (C=O) groups is 1. The van der Waals surface area contributed by atoms with E-state index in [-0.39, 0.29) is 5.91 Å². The van der Waals surface area contributed by atoms with Crippen LogP contribution in [-0.2, 0) is 4.79 Å². The fraction of sp³-hybridized carbons (Fsp3) is 0.0909. The number of thiazole rings is 1. The fourth-order valence-electron chi connectivity index (χ4n) is 1.38. The number of hydrogen-bond donors (Lipinski definition) is 2. The minimum atomic E-state index is -0.176. The van der Waals surface area contributed by atoms with E-state index >= 15 is 0 Å². The number of nitrogens with zero attached hydrogens (tertiary/aromatic N) is 1. The van der Waals surface area contributed by atoms with Crippen LogP contribution in [0.4, 0.5) is 10.1 Å². The number of carbonyl (C=O) groups excluding carboxylic acids is 1. The van der Waals surface area contributed by atoms with Gasteiger partial charge in [0.1, 0.15) is 10.7 Å². The second-order valence-corrected chi connectivity index (χ2v) is 4.83. The third-order valence-corrected chi connectivity index (χ3v) is 3.19. The molecule has 0 bridgehead atoms. The molecule has 0 saturated carbocycles. The van der Waals surface area contributed by atoms with E-state index in [1.54, 1.807) is 6.07 Å². The number of aromatic nitrogens is 1. The van der Waals surface area contributed by atoms with Crippen LogP contribution in [-0.4, -0.2) is 10.9 Å². The summed E-state index contributed by atoms with van der Waals surface area (Å²) in [6.07, 6.45) is 0. The molecule has 1 heterocycles. The molecule has 17 heavy (non-hydrogen) atoms. The molecule has 0 radical (unpaired) electrons. The van der Waals surface area contributed by atoms with Gasteiger partial charge in [-0.15, -0.1) is 0 Å². The third-order valence-electron chi connectivity index (χ3n) is 2.07. The molecule has 88 valence electrons. The van der Waals surface area contributed by atoms with E-state index in [0.717, 1.165) is 5.56 Å². The van der Waals surface area contributed by atoms with Crippen molar-refractivity contribution in [3.63, 3.8) is 0 Å². The van der Waals surface area contributed by atoms with Gasteiger partial charge in [-0.25, -0.2) is 4.98 Å². The highest BCUT2D eigenvalue weighted by molar-refractivity contribution is 7.20. The average molecular weight is 268 g/mol. The van der Waals surface area contributed by atoms with Crippen molar-refractivity contribution in [1.29, 1.82) is 0 Å². The molecule has 0 fully saturated rings. The molecular formula is C11H10ClN3OS. The van der Waals surface area contributed by atoms with E-state index in [4.69, 9.17) is 17.3 Å². The lowest BCUT2D eigenvalue weighted by Crippen LogP contribution is -2.04. The molecule has 0 unspecified atom stereocenters. The van der Waals surface area contributed by atoms with Crippen molar-refractivity contribution in [2.45, 2.75) is 6.92 Å². The van der Waals surface area contributed by atoms with Crippen LogP contribution >= 0.6 is 22.9 Å². The Morgan fingerprint density at radius 3 is 2.82 bits per heavy atom. The van der Waals surface area contributed by atoms with Crippen LogP contribution in [0.3, 0.4) is 0 Å². The number of nitrogen functional groups attached to an aromatic ring is 1. The van der Waals surface area contributed by atoms with E-state index in [1.807, 2.05) is 18.2 Å². The maximum absolute atomic E-state index is 10.9.